The van der Waals surface area contributed by atoms with Crippen molar-refractivity contribution in [3.63, 3.8) is 0 Å². The molecule has 0 amide bonds. The fourth-order valence-electron chi connectivity index (χ4n) is 1.02. The third-order valence-corrected chi connectivity index (χ3v) is 1.69. The monoisotopic (exact) mass is 214 g/mol. The van der Waals surface area contributed by atoms with Crippen molar-refractivity contribution in [3.8, 4) is 11.4 Å². The number of nitrogens with zero attached hydrogens (tertiary/aromatic N) is 3. The minimum atomic E-state index is -4.50. The Morgan fingerprint density at radius 3 is 2.33 bits per heavy atom. The Morgan fingerprint density at radius 2 is 1.80 bits per heavy atom. The van der Waals surface area contributed by atoms with Crippen LogP contribution < -0.4 is 0 Å². The molecule has 2 heterocycles. The molecule has 0 fully saturated rings. The van der Waals surface area contributed by atoms with Gasteiger partial charge in [0.25, 0.3) is 0 Å². The molecular weight excluding hydrogens is 209 g/mol. The van der Waals surface area contributed by atoms with Crippen LogP contribution in [-0.2, 0) is 6.18 Å². The molecule has 0 radical (unpaired) electrons. The first-order valence-corrected chi connectivity index (χ1v) is 3.97. The van der Waals surface area contributed by atoms with Gasteiger partial charge in [0.05, 0.1) is 0 Å². The second kappa shape index (κ2) is 3.34. The van der Waals surface area contributed by atoms with Gasteiger partial charge < -0.3 is 0 Å². The number of aromatic nitrogens is 4. The second-order valence-corrected chi connectivity index (χ2v) is 2.74. The number of pyridine rings is 1. The predicted molar refractivity (Wildman–Crippen MR) is 44.6 cm³/mol. The number of nitrogens with one attached hydrogen (secondary N) is 1. The number of hydrogen-bond acceptors (Lipinski definition) is 3. The third-order valence-electron chi connectivity index (χ3n) is 1.69. The van der Waals surface area contributed by atoms with Crippen molar-refractivity contribution in [2.24, 2.45) is 0 Å². The molecule has 2 rings (SSSR count). The molecule has 0 aliphatic rings. The van der Waals surface area contributed by atoms with Crippen LogP contribution in [0, 0.1) is 0 Å². The SMILES string of the molecule is FC(F)(F)c1nc(-c2ccncc2)n[nH]1. The molecule has 0 bridgehead atoms. The molecule has 7 heteroatoms. The average molecular weight is 214 g/mol. The van der Waals surface area contributed by atoms with Gasteiger partial charge in [-0.25, -0.2) is 4.98 Å². The second-order valence-electron chi connectivity index (χ2n) is 2.74. The molecule has 0 saturated heterocycles. The van der Waals surface area contributed by atoms with Gasteiger partial charge in [-0.1, -0.05) is 0 Å². The molecule has 2 aromatic heterocycles. The van der Waals surface area contributed by atoms with Gasteiger partial charge in [0.15, 0.2) is 5.82 Å². The quantitative estimate of drug-likeness (QED) is 0.788. The largest absolute Gasteiger partial charge is 0.451 e. The van der Waals surface area contributed by atoms with Crippen LogP contribution in [-0.4, -0.2) is 20.2 Å². The van der Waals surface area contributed by atoms with E-state index in [2.05, 4.69) is 15.1 Å². The van der Waals surface area contributed by atoms with E-state index >= 15 is 0 Å². The fraction of sp³-hybridized carbons (Fsp3) is 0.125. The maximum Gasteiger partial charge on any atom is 0.451 e. The normalized spacial score (nSPS) is 11.7. The van der Waals surface area contributed by atoms with Crippen molar-refractivity contribution < 1.29 is 13.2 Å². The van der Waals surface area contributed by atoms with Crippen molar-refractivity contribution in [3.05, 3.63) is 30.4 Å². The summed E-state index contributed by atoms with van der Waals surface area (Å²) in [6.07, 6.45) is -1.59. The van der Waals surface area contributed by atoms with Gasteiger partial charge in [-0.3, -0.25) is 10.1 Å². The van der Waals surface area contributed by atoms with E-state index in [0.29, 0.717) is 5.56 Å². The van der Waals surface area contributed by atoms with Crippen LogP contribution in [0.25, 0.3) is 11.4 Å². The number of rotatable bonds is 1. The van der Waals surface area contributed by atoms with E-state index in [1.54, 1.807) is 0 Å². The van der Waals surface area contributed by atoms with Crippen molar-refractivity contribution in [2.45, 2.75) is 6.18 Å². The van der Waals surface area contributed by atoms with Gasteiger partial charge in [0, 0.05) is 18.0 Å². The fourth-order valence-corrected chi connectivity index (χ4v) is 1.02. The van der Waals surface area contributed by atoms with Crippen LogP contribution in [0.2, 0.25) is 0 Å². The van der Waals surface area contributed by atoms with E-state index in [4.69, 9.17) is 0 Å². The summed E-state index contributed by atoms with van der Waals surface area (Å²) in [4.78, 5) is 7.07. The summed E-state index contributed by atoms with van der Waals surface area (Å²) >= 11 is 0. The highest BCUT2D eigenvalue weighted by Crippen LogP contribution is 2.27. The van der Waals surface area contributed by atoms with Crippen LogP contribution in [0.15, 0.2) is 24.5 Å². The minimum Gasteiger partial charge on any atom is -0.265 e. The summed E-state index contributed by atoms with van der Waals surface area (Å²) < 4.78 is 36.5. The lowest BCUT2D eigenvalue weighted by molar-refractivity contribution is -0.144. The third kappa shape index (κ3) is 1.95. The van der Waals surface area contributed by atoms with Gasteiger partial charge in [0.2, 0.25) is 5.82 Å². The molecule has 0 aromatic carbocycles. The van der Waals surface area contributed by atoms with Crippen LogP contribution in [0.4, 0.5) is 13.2 Å². The molecular formula is C8H5F3N4. The van der Waals surface area contributed by atoms with Gasteiger partial charge in [-0.05, 0) is 12.1 Å². The zero-order chi connectivity index (χ0) is 10.9. The molecule has 2 aromatic rings. The molecule has 0 unspecified atom stereocenters. The summed E-state index contributed by atoms with van der Waals surface area (Å²) in [5.41, 5.74) is 0.483. The van der Waals surface area contributed by atoms with E-state index in [1.807, 2.05) is 5.10 Å². The first-order valence-electron chi connectivity index (χ1n) is 3.97. The van der Waals surface area contributed by atoms with Crippen molar-refractivity contribution >= 4 is 0 Å². The van der Waals surface area contributed by atoms with Gasteiger partial charge >= 0.3 is 6.18 Å². The van der Waals surface area contributed by atoms with Crippen LogP contribution in [0.3, 0.4) is 0 Å². The highest BCUT2D eigenvalue weighted by molar-refractivity contribution is 5.52. The maximum absolute atomic E-state index is 12.2. The minimum absolute atomic E-state index is 0.00438. The highest BCUT2D eigenvalue weighted by atomic mass is 19.4. The lowest BCUT2D eigenvalue weighted by Gasteiger charge is -1.98. The molecule has 15 heavy (non-hydrogen) atoms. The first-order chi connectivity index (χ1) is 7.07. The number of alkyl halides is 3. The number of H-pyrrole nitrogens is 1. The van der Waals surface area contributed by atoms with E-state index in [9.17, 15) is 13.2 Å². The smallest absolute Gasteiger partial charge is 0.265 e. The number of aromatic amines is 1. The summed E-state index contributed by atoms with van der Waals surface area (Å²) in [6, 6.07) is 3.06. The maximum atomic E-state index is 12.2. The lowest BCUT2D eigenvalue weighted by atomic mass is 10.2. The molecule has 0 atom stereocenters. The predicted octanol–water partition coefficient (Wildman–Crippen LogP) is 1.89. The Kier molecular flexibility index (Phi) is 2.14. The Labute approximate surface area is 82.2 Å². The average Bonchev–Trinajstić information content (AvgIpc) is 2.67. The van der Waals surface area contributed by atoms with Crippen LogP contribution in [0.5, 0.6) is 0 Å². The van der Waals surface area contributed by atoms with Crippen molar-refractivity contribution in [2.75, 3.05) is 0 Å². The van der Waals surface area contributed by atoms with Crippen LogP contribution >= 0.6 is 0 Å². The Morgan fingerprint density at radius 1 is 1.13 bits per heavy atom. The van der Waals surface area contributed by atoms with Gasteiger partial charge in [-0.15, -0.1) is 0 Å². The molecule has 0 spiro atoms. The van der Waals surface area contributed by atoms with Crippen LogP contribution in [0.1, 0.15) is 5.82 Å². The zero-order valence-corrected chi connectivity index (χ0v) is 7.28. The molecule has 4 nitrogen and oxygen atoms in total. The summed E-state index contributed by atoms with van der Waals surface area (Å²) in [5.74, 6) is -1.10. The van der Waals surface area contributed by atoms with E-state index < -0.39 is 12.0 Å². The summed E-state index contributed by atoms with van der Waals surface area (Å²) in [6.45, 7) is 0. The van der Waals surface area contributed by atoms with Crippen molar-refractivity contribution in [1.82, 2.24) is 20.2 Å². The Bertz CT molecular complexity index is 448. The van der Waals surface area contributed by atoms with E-state index in [0.717, 1.165) is 0 Å². The molecule has 0 saturated carbocycles. The zero-order valence-electron chi connectivity index (χ0n) is 7.28. The van der Waals surface area contributed by atoms with E-state index in [-0.39, 0.29) is 5.82 Å². The van der Waals surface area contributed by atoms with Crippen molar-refractivity contribution in [1.29, 1.82) is 0 Å². The molecule has 0 aliphatic carbocycles. The first kappa shape index (κ1) is 9.63. The Balaban J connectivity index is 2.37. The summed E-state index contributed by atoms with van der Waals surface area (Å²) in [5, 5.41) is 5.31. The lowest BCUT2D eigenvalue weighted by Crippen LogP contribution is -2.07. The summed E-state index contributed by atoms with van der Waals surface area (Å²) in [7, 11) is 0. The molecule has 0 aliphatic heterocycles. The topological polar surface area (TPSA) is 54.5 Å². The van der Waals surface area contributed by atoms with E-state index in [1.165, 1.54) is 24.5 Å². The number of hydrogen-bond donors (Lipinski definition) is 1. The number of halogens is 3. The highest BCUT2D eigenvalue weighted by Gasteiger charge is 2.35. The molecule has 78 valence electrons. The Hall–Kier alpha value is -1.92. The molecule has 1 N–H and O–H groups in total. The van der Waals surface area contributed by atoms with Gasteiger partial charge in [-0.2, -0.15) is 18.3 Å². The van der Waals surface area contributed by atoms with Gasteiger partial charge in [0.1, 0.15) is 0 Å². The standard InChI is InChI=1S/C8H5F3N4/c9-8(10,11)7-13-6(14-15-7)5-1-3-12-4-2-5/h1-4H,(H,13,14,15).